The van der Waals surface area contributed by atoms with Gasteiger partial charge in [-0.15, -0.1) is 0 Å². The molecule has 0 bridgehead atoms. The maximum Gasteiger partial charge on any atom is 0.270 e. The van der Waals surface area contributed by atoms with Crippen molar-refractivity contribution in [2.75, 3.05) is 4.90 Å². The molecule has 0 aromatic heterocycles. The Balaban J connectivity index is 2.01. The first-order valence-corrected chi connectivity index (χ1v) is 9.41. The molecule has 1 aliphatic rings. The van der Waals surface area contributed by atoms with Crippen LogP contribution in [0.5, 0.6) is 0 Å². The molecule has 7 heteroatoms. The molecule has 0 spiro atoms. The van der Waals surface area contributed by atoms with Gasteiger partial charge in [0.2, 0.25) is 0 Å². The average Bonchev–Trinajstić information content (AvgIpc) is 2.62. The summed E-state index contributed by atoms with van der Waals surface area (Å²) in [5.41, 5.74) is 2.20. The zero-order valence-electron chi connectivity index (χ0n) is 14.6. The van der Waals surface area contributed by atoms with Gasteiger partial charge in [-0.2, -0.15) is 0 Å². The minimum absolute atomic E-state index is 0.0306. The fraction of sp³-hybridized carbons (Fsp3) is 0.150. The third kappa shape index (κ3) is 3.90. The summed E-state index contributed by atoms with van der Waals surface area (Å²) >= 11 is 17.5. The number of hydrogen-bond acceptors (Lipinski definition) is 3. The molecule has 0 aliphatic carbocycles. The van der Waals surface area contributed by atoms with Gasteiger partial charge in [-0.05, 0) is 47.5 Å². The Labute approximate surface area is 172 Å². The van der Waals surface area contributed by atoms with E-state index in [0.29, 0.717) is 11.6 Å². The summed E-state index contributed by atoms with van der Waals surface area (Å²) in [5, 5.41) is 2.97. The van der Waals surface area contributed by atoms with Crippen molar-refractivity contribution >= 4 is 64.1 Å². The minimum Gasteiger partial charge on any atom is -0.298 e. The van der Waals surface area contributed by atoms with Crippen LogP contribution >= 0.6 is 35.4 Å². The maximum absolute atomic E-state index is 13.0. The highest BCUT2D eigenvalue weighted by atomic mass is 35.5. The standard InChI is InChI=1S/C20H16Cl2N2O2S/c1-11(2)13-8-6-12(7-9-13)10-14-18(25)23-20(27)24(19(14)26)16-5-3-4-15(21)17(16)22/h3-11H,1-2H3,(H,23,25,27)/b14-10+. The molecule has 0 unspecified atom stereocenters. The number of carbonyl (C=O) groups is 2. The second kappa shape index (κ2) is 7.80. The van der Waals surface area contributed by atoms with Gasteiger partial charge in [0.05, 0.1) is 15.7 Å². The molecule has 27 heavy (non-hydrogen) atoms. The average molecular weight is 419 g/mol. The van der Waals surface area contributed by atoms with Crippen molar-refractivity contribution in [2.45, 2.75) is 19.8 Å². The smallest absolute Gasteiger partial charge is 0.270 e. The normalized spacial score (nSPS) is 16.3. The molecular weight excluding hydrogens is 403 g/mol. The molecule has 1 fully saturated rings. The van der Waals surface area contributed by atoms with E-state index in [1.807, 2.05) is 24.3 Å². The van der Waals surface area contributed by atoms with E-state index in [1.165, 1.54) is 16.5 Å². The minimum atomic E-state index is -0.555. The highest BCUT2D eigenvalue weighted by molar-refractivity contribution is 7.80. The van der Waals surface area contributed by atoms with Gasteiger partial charge < -0.3 is 0 Å². The molecule has 2 aromatic carbocycles. The first-order valence-electron chi connectivity index (χ1n) is 8.25. The lowest BCUT2D eigenvalue weighted by Crippen LogP contribution is -2.54. The number of anilines is 1. The van der Waals surface area contributed by atoms with Gasteiger partial charge in [0.25, 0.3) is 11.8 Å². The molecular formula is C20H16Cl2N2O2S. The first-order chi connectivity index (χ1) is 12.8. The molecule has 3 rings (SSSR count). The van der Waals surface area contributed by atoms with Crippen LogP contribution in [-0.4, -0.2) is 16.9 Å². The summed E-state index contributed by atoms with van der Waals surface area (Å²) in [4.78, 5) is 26.5. The van der Waals surface area contributed by atoms with Crippen molar-refractivity contribution in [3.05, 3.63) is 69.2 Å². The molecule has 2 amide bonds. The largest absolute Gasteiger partial charge is 0.298 e. The van der Waals surface area contributed by atoms with Gasteiger partial charge in [0, 0.05) is 0 Å². The maximum atomic E-state index is 13.0. The highest BCUT2D eigenvalue weighted by Crippen LogP contribution is 2.34. The van der Waals surface area contributed by atoms with Gasteiger partial charge in [-0.25, -0.2) is 0 Å². The number of nitrogens with one attached hydrogen (secondary N) is 1. The van der Waals surface area contributed by atoms with Crippen LogP contribution in [-0.2, 0) is 9.59 Å². The molecule has 138 valence electrons. The van der Waals surface area contributed by atoms with Gasteiger partial charge in [-0.1, -0.05) is 67.4 Å². The number of amides is 2. The predicted octanol–water partition coefficient (Wildman–Crippen LogP) is 4.95. The highest BCUT2D eigenvalue weighted by Gasteiger charge is 2.35. The van der Waals surface area contributed by atoms with Crippen molar-refractivity contribution in [3.8, 4) is 0 Å². The van der Waals surface area contributed by atoms with Crippen molar-refractivity contribution < 1.29 is 9.59 Å². The molecule has 2 aromatic rings. The topological polar surface area (TPSA) is 49.4 Å². The number of benzene rings is 2. The summed E-state index contributed by atoms with van der Waals surface area (Å²) < 4.78 is 0. The lowest BCUT2D eigenvalue weighted by molar-refractivity contribution is -0.122. The number of hydrogen-bond donors (Lipinski definition) is 1. The zero-order chi connectivity index (χ0) is 19.7. The van der Waals surface area contributed by atoms with Crippen molar-refractivity contribution in [2.24, 2.45) is 0 Å². The summed E-state index contributed by atoms with van der Waals surface area (Å²) in [6.07, 6.45) is 1.54. The Kier molecular flexibility index (Phi) is 5.65. The molecule has 1 aliphatic heterocycles. The lowest BCUT2D eigenvalue weighted by Gasteiger charge is -2.29. The van der Waals surface area contributed by atoms with E-state index in [4.69, 9.17) is 35.4 Å². The number of rotatable bonds is 3. The fourth-order valence-corrected chi connectivity index (χ4v) is 3.34. The van der Waals surface area contributed by atoms with E-state index in [1.54, 1.807) is 18.2 Å². The summed E-state index contributed by atoms with van der Waals surface area (Å²) in [6, 6.07) is 12.6. The van der Waals surface area contributed by atoms with Crippen molar-refractivity contribution in [1.82, 2.24) is 5.32 Å². The monoisotopic (exact) mass is 418 g/mol. The number of thiocarbonyl (C=S) groups is 1. The van der Waals surface area contributed by atoms with Crippen LogP contribution in [0.4, 0.5) is 5.69 Å². The Bertz CT molecular complexity index is 968. The van der Waals surface area contributed by atoms with E-state index in [9.17, 15) is 9.59 Å². The molecule has 1 N–H and O–H groups in total. The molecule has 0 radical (unpaired) electrons. The molecule has 4 nitrogen and oxygen atoms in total. The van der Waals surface area contributed by atoms with Crippen molar-refractivity contribution in [1.29, 1.82) is 0 Å². The van der Waals surface area contributed by atoms with Crippen LogP contribution in [0.25, 0.3) is 6.08 Å². The Morgan fingerprint density at radius 3 is 2.37 bits per heavy atom. The third-order valence-electron chi connectivity index (χ3n) is 4.19. The van der Waals surface area contributed by atoms with Crippen LogP contribution in [0.3, 0.4) is 0 Å². The summed E-state index contributed by atoms with van der Waals surface area (Å²) in [5.74, 6) is -0.711. The number of carbonyl (C=O) groups excluding carboxylic acids is 2. The Morgan fingerprint density at radius 2 is 1.74 bits per heavy atom. The van der Waals surface area contributed by atoms with E-state index in [0.717, 1.165) is 5.56 Å². The van der Waals surface area contributed by atoms with Gasteiger partial charge >= 0.3 is 0 Å². The fourth-order valence-electron chi connectivity index (χ4n) is 2.69. The lowest BCUT2D eigenvalue weighted by atomic mass is 10.0. The molecule has 1 saturated heterocycles. The van der Waals surface area contributed by atoms with E-state index >= 15 is 0 Å². The van der Waals surface area contributed by atoms with E-state index < -0.39 is 11.8 Å². The molecule has 0 atom stereocenters. The summed E-state index contributed by atoms with van der Waals surface area (Å²) in [6.45, 7) is 4.19. The third-order valence-corrected chi connectivity index (χ3v) is 5.28. The van der Waals surface area contributed by atoms with E-state index in [-0.39, 0.29) is 20.7 Å². The van der Waals surface area contributed by atoms with Gasteiger partial charge in [-0.3, -0.25) is 19.8 Å². The van der Waals surface area contributed by atoms with Crippen molar-refractivity contribution in [3.63, 3.8) is 0 Å². The first kappa shape index (κ1) is 19.5. The van der Waals surface area contributed by atoms with Crippen LogP contribution in [0.15, 0.2) is 48.0 Å². The zero-order valence-corrected chi connectivity index (χ0v) is 17.0. The van der Waals surface area contributed by atoms with E-state index in [2.05, 4.69) is 19.2 Å². The van der Waals surface area contributed by atoms with Crippen LogP contribution in [0.2, 0.25) is 10.0 Å². The second-order valence-corrected chi connectivity index (χ2v) is 7.52. The number of halogens is 2. The summed E-state index contributed by atoms with van der Waals surface area (Å²) in [7, 11) is 0. The Hall–Kier alpha value is -2.21. The Morgan fingerprint density at radius 1 is 1.07 bits per heavy atom. The quantitative estimate of drug-likeness (QED) is 0.435. The molecule has 0 saturated carbocycles. The van der Waals surface area contributed by atoms with Gasteiger partial charge in [0.15, 0.2) is 5.11 Å². The second-order valence-electron chi connectivity index (χ2n) is 6.35. The van der Waals surface area contributed by atoms with Gasteiger partial charge in [0.1, 0.15) is 5.57 Å². The number of nitrogens with zero attached hydrogens (tertiary/aromatic N) is 1. The van der Waals surface area contributed by atoms with Crippen LogP contribution in [0, 0.1) is 0 Å². The SMILES string of the molecule is CC(C)c1ccc(/C=C2\C(=O)NC(=S)N(c3cccc(Cl)c3Cl)C2=O)cc1. The molecule has 1 heterocycles. The van der Waals surface area contributed by atoms with Crippen LogP contribution in [0.1, 0.15) is 30.9 Å². The predicted molar refractivity (Wildman–Crippen MR) is 113 cm³/mol. The van der Waals surface area contributed by atoms with Crippen LogP contribution < -0.4 is 10.2 Å².